The Hall–Kier alpha value is -3.51. The second-order valence-electron chi connectivity index (χ2n) is 8.83. The number of ether oxygens (including phenoxy) is 2. The average molecular weight is 479 g/mol. The van der Waals surface area contributed by atoms with E-state index in [0.29, 0.717) is 23.1 Å². The molecule has 1 aromatic carbocycles. The van der Waals surface area contributed by atoms with Crippen molar-refractivity contribution >= 4 is 17.7 Å². The van der Waals surface area contributed by atoms with Crippen molar-refractivity contribution in [3.63, 3.8) is 0 Å². The highest BCUT2D eigenvalue weighted by molar-refractivity contribution is 6.04. The molecule has 0 saturated heterocycles. The molecule has 1 aliphatic carbocycles. The van der Waals surface area contributed by atoms with Gasteiger partial charge in [-0.1, -0.05) is 53.6 Å². The van der Waals surface area contributed by atoms with Crippen LogP contribution in [0.3, 0.4) is 0 Å². The first-order valence-electron chi connectivity index (χ1n) is 11.6. The first-order valence-corrected chi connectivity index (χ1v) is 11.6. The quantitative estimate of drug-likeness (QED) is 0.148. The normalized spacial score (nSPS) is 18.2. The summed E-state index contributed by atoms with van der Waals surface area (Å²) < 4.78 is 10.6. The van der Waals surface area contributed by atoms with Crippen LogP contribution in [0.1, 0.15) is 70.7 Å². The minimum absolute atomic E-state index is 0.117. The lowest BCUT2D eigenvalue weighted by Crippen LogP contribution is -2.39. The average Bonchev–Trinajstić information content (AvgIpc) is 2.76. The molecule has 0 aromatic heterocycles. The van der Waals surface area contributed by atoms with Crippen LogP contribution in [-0.2, 0) is 19.1 Å². The van der Waals surface area contributed by atoms with Crippen molar-refractivity contribution in [3.05, 3.63) is 94.3 Å². The third-order valence-electron chi connectivity index (χ3n) is 5.37. The topological polar surface area (TPSA) is 89.9 Å². The van der Waals surface area contributed by atoms with E-state index in [1.807, 2.05) is 19.1 Å². The van der Waals surface area contributed by atoms with Crippen LogP contribution >= 0.6 is 0 Å². The minimum atomic E-state index is -1.96. The lowest BCUT2D eigenvalue weighted by atomic mass is 9.88. The fourth-order valence-electron chi connectivity index (χ4n) is 3.62. The molecule has 0 heterocycles. The Kier molecular flexibility index (Phi) is 10.2. The first kappa shape index (κ1) is 27.7. The highest BCUT2D eigenvalue weighted by Crippen LogP contribution is 2.37. The molecule has 186 valence electrons. The van der Waals surface area contributed by atoms with E-state index in [9.17, 15) is 19.5 Å². The molecular formula is C29H34O6. The van der Waals surface area contributed by atoms with E-state index < -0.39 is 17.7 Å². The molecule has 1 N–H and O–H groups in total. The molecular weight excluding hydrogens is 444 g/mol. The summed E-state index contributed by atoms with van der Waals surface area (Å²) in [5.74, 6) is -3.31. The maximum atomic E-state index is 12.6. The molecule has 0 bridgehead atoms. The molecule has 0 aliphatic heterocycles. The Bertz CT molecular complexity index is 1100. The minimum Gasteiger partial charge on any atom is -0.430 e. The predicted octanol–water partition coefficient (Wildman–Crippen LogP) is 5.91. The molecule has 6 nitrogen and oxygen atoms in total. The number of esters is 2. The molecule has 1 aromatic rings. The van der Waals surface area contributed by atoms with Gasteiger partial charge in [0.1, 0.15) is 5.76 Å². The van der Waals surface area contributed by atoms with Gasteiger partial charge in [-0.3, -0.25) is 14.4 Å². The summed E-state index contributed by atoms with van der Waals surface area (Å²) in [5, 5.41) is 11.3. The van der Waals surface area contributed by atoms with Crippen LogP contribution in [0, 0.1) is 0 Å². The molecule has 35 heavy (non-hydrogen) atoms. The van der Waals surface area contributed by atoms with Gasteiger partial charge in [-0.15, -0.1) is 0 Å². The summed E-state index contributed by atoms with van der Waals surface area (Å²) in [4.78, 5) is 36.1. The van der Waals surface area contributed by atoms with Gasteiger partial charge in [-0.05, 0) is 58.3 Å². The van der Waals surface area contributed by atoms with Gasteiger partial charge in [-0.25, -0.2) is 0 Å². The monoisotopic (exact) mass is 478 g/mol. The van der Waals surface area contributed by atoms with E-state index in [4.69, 9.17) is 9.47 Å². The summed E-state index contributed by atoms with van der Waals surface area (Å²) in [6.45, 7) is 8.56. The van der Waals surface area contributed by atoms with E-state index in [2.05, 4.69) is 19.9 Å². The van der Waals surface area contributed by atoms with Gasteiger partial charge in [0.25, 0.3) is 0 Å². The van der Waals surface area contributed by atoms with Gasteiger partial charge in [0.15, 0.2) is 5.78 Å². The Balaban J connectivity index is 2.41. The van der Waals surface area contributed by atoms with Gasteiger partial charge in [0.2, 0.25) is 5.79 Å². The van der Waals surface area contributed by atoms with Crippen LogP contribution in [0.4, 0.5) is 0 Å². The summed E-state index contributed by atoms with van der Waals surface area (Å²) in [5.41, 5.74) is 3.77. The smallest absolute Gasteiger partial charge is 0.307 e. The molecule has 1 unspecified atom stereocenters. The number of ketones is 1. The molecule has 1 aliphatic rings. The lowest BCUT2D eigenvalue weighted by Gasteiger charge is -2.33. The van der Waals surface area contributed by atoms with Gasteiger partial charge in [0.05, 0.1) is 6.42 Å². The first-order chi connectivity index (χ1) is 16.5. The molecule has 1 atom stereocenters. The SMILES string of the molecule is CC(=O)OC1=C(C=CC(=O)c2ccccc2)C=C(C/C=C(\C)CCC=C(C)C)C(O)(OC(C)=O)C1. The van der Waals surface area contributed by atoms with Crippen molar-refractivity contribution in [2.24, 2.45) is 0 Å². The molecule has 6 heteroatoms. The zero-order chi connectivity index (χ0) is 26.0. The highest BCUT2D eigenvalue weighted by Gasteiger charge is 2.40. The standard InChI is InChI=1S/C29H34O6/c1-20(2)10-9-11-21(3)14-16-26-18-25(15-17-27(32)24-12-7-6-8-13-24)28(34-22(4)30)19-29(26,33)35-23(5)31/h6-8,10,12-15,17-18,33H,9,11,16,19H2,1-5H3/b17-15?,21-14+. The van der Waals surface area contributed by atoms with Crippen LogP contribution in [-0.4, -0.2) is 28.6 Å². The molecule has 0 spiro atoms. The van der Waals surface area contributed by atoms with Gasteiger partial charge in [0, 0.05) is 30.6 Å². The van der Waals surface area contributed by atoms with Crippen molar-refractivity contribution < 1.29 is 29.0 Å². The Morgan fingerprint density at radius 1 is 1.00 bits per heavy atom. The third kappa shape index (κ3) is 8.98. The Morgan fingerprint density at radius 2 is 1.69 bits per heavy atom. The maximum Gasteiger partial charge on any atom is 0.307 e. The second-order valence-corrected chi connectivity index (χ2v) is 8.83. The van der Waals surface area contributed by atoms with Crippen molar-refractivity contribution in [1.82, 2.24) is 0 Å². The van der Waals surface area contributed by atoms with Crippen LogP contribution in [0.2, 0.25) is 0 Å². The number of aliphatic hydroxyl groups is 1. The number of hydrogen-bond donors (Lipinski definition) is 1. The molecule has 0 amide bonds. The van der Waals surface area contributed by atoms with Crippen LogP contribution < -0.4 is 0 Å². The molecule has 0 saturated carbocycles. The third-order valence-corrected chi connectivity index (χ3v) is 5.37. The van der Waals surface area contributed by atoms with Crippen molar-refractivity contribution in [3.8, 4) is 0 Å². The van der Waals surface area contributed by atoms with E-state index in [1.165, 1.54) is 25.5 Å². The van der Waals surface area contributed by atoms with Gasteiger partial charge in [-0.2, -0.15) is 0 Å². The maximum absolute atomic E-state index is 12.6. The van der Waals surface area contributed by atoms with Crippen molar-refractivity contribution in [2.75, 3.05) is 0 Å². The summed E-state index contributed by atoms with van der Waals surface area (Å²) in [6.07, 6.45) is 10.5. The number of allylic oxidation sites excluding steroid dienone is 8. The van der Waals surface area contributed by atoms with Crippen LogP contribution in [0.15, 0.2) is 88.8 Å². The largest absolute Gasteiger partial charge is 0.430 e. The number of hydrogen-bond acceptors (Lipinski definition) is 6. The van der Waals surface area contributed by atoms with Crippen molar-refractivity contribution in [2.45, 2.75) is 66.1 Å². The number of carbonyl (C=O) groups excluding carboxylic acids is 3. The molecule has 0 radical (unpaired) electrons. The van der Waals surface area contributed by atoms with Crippen LogP contribution in [0.5, 0.6) is 0 Å². The van der Waals surface area contributed by atoms with Crippen LogP contribution in [0.25, 0.3) is 0 Å². The lowest BCUT2D eigenvalue weighted by molar-refractivity contribution is -0.194. The van der Waals surface area contributed by atoms with E-state index in [1.54, 1.807) is 36.4 Å². The Labute approximate surface area is 207 Å². The number of rotatable bonds is 10. The summed E-state index contributed by atoms with van der Waals surface area (Å²) in [7, 11) is 0. The zero-order valence-electron chi connectivity index (χ0n) is 21.1. The predicted molar refractivity (Wildman–Crippen MR) is 135 cm³/mol. The van der Waals surface area contributed by atoms with Gasteiger partial charge >= 0.3 is 11.9 Å². The summed E-state index contributed by atoms with van der Waals surface area (Å²) in [6, 6.07) is 8.78. The van der Waals surface area contributed by atoms with E-state index in [-0.39, 0.29) is 18.0 Å². The molecule has 2 rings (SSSR count). The second kappa shape index (κ2) is 12.8. The summed E-state index contributed by atoms with van der Waals surface area (Å²) >= 11 is 0. The van der Waals surface area contributed by atoms with Crippen molar-refractivity contribution in [1.29, 1.82) is 0 Å². The zero-order valence-corrected chi connectivity index (χ0v) is 21.1. The fraction of sp³-hybridized carbons (Fsp3) is 0.345. The fourth-order valence-corrected chi connectivity index (χ4v) is 3.62. The number of carbonyl (C=O) groups is 3. The van der Waals surface area contributed by atoms with Gasteiger partial charge < -0.3 is 14.6 Å². The molecule has 0 fully saturated rings. The van der Waals surface area contributed by atoms with E-state index in [0.717, 1.165) is 18.4 Å². The Morgan fingerprint density at radius 3 is 2.29 bits per heavy atom. The van der Waals surface area contributed by atoms with E-state index >= 15 is 0 Å². The highest BCUT2D eigenvalue weighted by atomic mass is 16.7. The number of benzene rings is 1.